The summed E-state index contributed by atoms with van der Waals surface area (Å²) >= 11 is 0. The van der Waals surface area contributed by atoms with Crippen LogP contribution in [0.4, 0.5) is 15.3 Å². The summed E-state index contributed by atoms with van der Waals surface area (Å²) in [6.45, 7) is 5.48. The predicted octanol–water partition coefficient (Wildman–Crippen LogP) is 1.82. The number of benzene rings is 1. The van der Waals surface area contributed by atoms with E-state index in [9.17, 15) is 33.6 Å². The number of anilines is 1. The maximum absolute atomic E-state index is 13.6. The normalized spacial score (nSPS) is 17.2. The highest BCUT2D eigenvalue weighted by Gasteiger charge is 2.37. The summed E-state index contributed by atoms with van der Waals surface area (Å²) < 4.78 is 5.89. The Labute approximate surface area is 266 Å². The number of carbonyl (C=O) groups is 6. The summed E-state index contributed by atoms with van der Waals surface area (Å²) in [6, 6.07) is 8.23. The van der Waals surface area contributed by atoms with Crippen LogP contribution in [0.2, 0.25) is 0 Å². The van der Waals surface area contributed by atoms with Gasteiger partial charge in [-0.1, -0.05) is 43.2 Å². The number of rotatable bonds is 12. The number of aromatic nitrogens is 1. The minimum atomic E-state index is -1.33. The molecule has 3 atom stereocenters. The van der Waals surface area contributed by atoms with Crippen LogP contribution in [0.5, 0.6) is 0 Å². The van der Waals surface area contributed by atoms with Crippen molar-refractivity contribution >= 4 is 41.3 Å². The van der Waals surface area contributed by atoms with Crippen molar-refractivity contribution in [2.24, 2.45) is 11.8 Å². The molecule has 0 unspecified atom stereocenters. The second kappa shape index (κ2) is 14.8. The molecule has 2 aliphatic rings. The lowest BCUT2D eigenvalue weighted by atomic mass is 9.95. The number of nitrogens with zero attached hydrogens (tertiary/aromatic N) is 1. The molecule has 2 aromatic rings. The quantitative estimate of drug-likeness (QED) is 0.218. The molecule has 1 aromatic heterocycles. The Hall–Kier alpha value is -5.01. The third kappa shape index (κ3) is 9.74. The van der Waals surface area contributed by atoms with Crippen LogP contribution in [0.25, 0.3) is 0 Å². The third-order valence-corrected chi connectivity index (χ3v) is 7.52. The lowest BCUT2D eigenvalue weighted by Crippen LogP contribution is -2.55. The summed E-state index contributed by atoms with van der Waals surface area (Å²) in [7, 11) is 0. The lowest BCUT2D eigenvalue weighted by molar-refractivity contribution is -0.141. The first kappa shape index (κ1) is 33.9. The van der Waals surface area contributed by atoms with Gasteiger partial charge in [-0.3, -0.25) is 29.3 Å². The SMILES string of the molecule is CC(C)(C)OC(=O)Nc1cccn(C(=O)N[C@@H](CC2CC2)C(=O)N[C@@H](C[C@@H]2CCNC2=O)C(=O)C(=O)NCc2ccccc2)c1=O. The summed E-state index contributed by atoms with van der Waals surface area (Å²) in [5, 5.41) is 12.7. The minimum Gasteiger partial charge on any atom is -0.444 e. The van der Waals surface area contributed by atoms with Crippen LogP contribution < -0.4 is 32.1 Å². The molecule has 46 heavy (non-hydrogen) atoms. The Morgan fingerprint density at radius 2 is 1.65 bits per heavy atom. The van der Waals surface area contributed by atoms with Crippen molar-refractivity contribution in [3.8, 4) is 0 Å². The van der Waals surface area contributed by atoms with Gasteiger partial charge in [0.2, 0.25) is 17.6 Å². The van der Waals surface area contributed by atoms with Crippen molar-refractivity contribution in [2.75, 3.05) is 11.9 Å². The van der Waals surface area contributed by atoms with E-state index in [1.165, 1.54) is 18.3 Å². The third-order valence-electron chi connectivity index (χ3n) is 7.52. The second-order valence-electron chi connectivity index (χ2n) is 12.5. The maximum atomic E-state index is 13.6. The van der Waals surface area contributed by atoms with Crippen LogP contribution in [-0.2, 0) is 30.5 Å². The maximum Gasteiger partial charge on any atom is 0.412 e. The van der Waals surface area contributed by atoms with Gasteiger partial charge < -0.3 is 26.0 Å². The molecule has 1 aliphatic heterocycles. The zero-order valence-electron chi connectivity index (χ0n) is 26.1. The first-order chi connectivity index (χ1) is 21.8. The number of ether oxygens (including phenoxy) is 1. The molecule has 2 heterocycles. The number of hydrogen-bond acceptors (Lipinski definition) is 8. The first-order valence-electron chi connectivity index (χ1n) is 15.3. The smallest absolute Gasteiger partial charge is 0.412 e. The van der Waals surface area contributed by atoms with Crippen LogP contribution in [0.3, 0.4) is 0 Å². The number of amides is 5. The van der Waals surface area contributed by atoms with E-state index >= 15 is 0 Å². The second-order valence-corrected chi connectivity index (χ2v) is 12.5. The number of carbonyl (C=O) groups excluding carboxylic acids is 6. The number of Topliss-reactive ketones (excluding diaryl/α,β-unsaturated/α-hetero) is 1. The van der Waals surface area contributed by atoms with E-state index in [0.29, 0.717) is 17.5 Å². The van der Waals surface area contributed by atoms with Gasteiger partial charge in [-0.25, -0.2) is 14.2 Å². The summed E-state index contributed by atoms with van der Waals surface area (Å²) in [6.07, 6.45) is 2.54. The van der Waals surface area contributed by atoms with Crippen LogP contribution in [-0.4, -0.2) is 64.4 Å². The Bertz CT molecular complexity index is 1530. The highest BCUT2D eigenvalue weighted by Crippen LogP contribution is 2.33. The van der Waals surface area contributed by atoms with Gasteiger partial charge in [0, 0.05) is 25.2 Å². The molecule has 14 nitrogen and oxygen atoms in total. The van der Waals surface area contributed by atoms with Gasteiger partial charge in [0.25, 0.3) is 11.5 Å². The largest absolute Gasteiger partial charge is 0.444 e. The molecule has 1 aliphatic carbocycles. The minimum absolute atomic E-state index is 0.0902. The summed E-state index contributed by atoms with van der Waals surface area (Å²) in [5.74, 6) is -3.31. The Morgan fingerprint density at radius 1 is 0.935 bits per heavy atom. The van der Waals surface area contributed by atoms with Gasteiger partial charge in [0.1, 0.15) is 17.3 Å². The van der Waals surface area contributed by atoms with E-state index < -0.39 is 58.9 Å². The molecule has 246 valence electrons. The van der Waals surface area contributed by atoms with Crippen LogP contribution >= 0.6 is 0 Å². The fourth-order valence-electron chi connectivity index (χ4n) is 4.98. The molecular weight excluding hydrogens is 596 g/mol. The van der Waals surface area contributed by atoms with Gasteiger partial charge in [-0.05, 0) is 63.6 Å². The number of pyridine rings is 1. The zero-order valence-corrected chi connectivity index (χ0v) is 26.1. The first-order valence-corrected chi connectivity index (χ1v) is 15.3. The van der Waals surface area contributed by atoms with E-state index in [1.54, 1.807) is 45.0 Å². The van der Waals surface area contributed by atoms with Crippen molar-refractivity contribution < 1.29 is 33.5 Å². The highest BCUT2D eigenvalue weighted by atomic mass is 16.6. The summed E-state index contributed by atoms with van der Waals surface area (Å²) in [5.41, 5.74) is -1.11. The molecule has 0 bridgehead atoms. The van der Waals surface area contributed by atoms with Crippen molar-refractivity contribution in [3.63, 3.8) is 0 Å². The zero-order chi connectivity index (χ0) is 33.4. The van der Waals surface area contributed by atoms with E-state index in [-0.39, 0.29) is 36.9 Å². The molecule has 1 aromatic carbocycles. The van der Waals surface area contributed by atoms with E-state index in [0.717, 1.165) is 18.4 Å². The van der Waals surface area contributed by atoms with Crippen molar-refractivity contribution in [1.82, 2.24) is 25.8 Å². The average molecular weight is 637 g/mol. The fraction of sp³-hybridized carbons (Fsp3) is 0.469. The van der Waals surface area contributed by atoms with Crippen molar-refractivity contribution in [1.29, 1.82) is 0 Å². The van der Waals surface area contributed by atoms with Crippen LogP contribution in [0.15, 0.2) is 53.5 Å². The topological polar surface area (TPSA) is 194 Å². The van der Waals surface area contributed by atoms with Gasteiger partial charge in [0.05, 0.1) is 6.04 Å². The lowest BCUT2D eigenvalue weighted by Gasteiger charge is -2.24. The molecule has 2 fully saturated rings. The molecule has 1 saturated heterocycles. The fourth-order valence-corrected chi connectivity index (χ4v) is 4.98. The van der Waals surface area contributed by atoms with Gasteiger partial charge >= 0.3 is 12.1 Å². The average Bonchev–Trinajstić information content (AvgIpc) is 3.73. The number of nitrogens with one attached hydrogen (secondary N) is 5. The van der Waals surface area contributed by atoms with Crippen molar-refractivity contribution in [3.05, 3.63) is 64.6 Å². The molecule has 1 saturated carbocycles. The Kier molecular flexibility index (Phi) is 10.9. The van der Waals surface area contributed by atoms with Gasteiger partial charge in [-0.2, -0.15) is 0 Å². The molecule has 14 heteroatoms. The van der Waals surface area contributed by atoms with E-state index in [1.807, 2.05) is 6.07 Å². The summed E-state index contributed by atoms with van der Waals surface area (Å²) in [4.78, 5) is 90.6. The van der Waals surface area contributed by atoms with Gasteiger partial charge in [0.15, 0.2) is 0 Å². The van der Waals surface area contributed by atoms with Crippen LogP contribution in [0.1, 0.15) is 58.4 Å². The van der Waals surface area contributed by atoms with E-state index in [2.05, 4.69) is 26.6 Å². The predicted molar refractivity (Wildman–Crippen MR) is 167 cm³/mol. The molecular formula is C32H40N6O8. The molecule has 5 N–H and O–H groups in total. The number of ketones is 1. The molecule has 0 spiro atoms. The standard InChI is InChI=1S/C32H40N6O8/c1-32(2,3)46-31(45)37-22-10-7-15-38(29(22)43)30(44)36-24(16-19-11-12-19)27(41)35-23(17-21-13-14-33-26(21)40)25(39)28(42)34-18-20-8-5-4-6-9-20/h4-10,15,19,21,23-24H,11-14,16-18H2,1-3H3,(H,33,40)(H,34,42)(H,35,41)(H,36,44)(H,37,45)/t21-,23-,24-/m0/s1. The van der Waals surface area contributed by atoms with Crippen molar-refractivity contribution in [2.45, 2.75) is 77.1 Å². The monoisotopic (exact) mass is 636 g/mol. The van der Waals surface area contributed by atoms with Gasteiger partial charge in [-0.15, -0.1) is 0 Å². The molecule has 5 amide bonds. The van der Waals surface area contributed by atoms with Crippen LogP contribution in [0, 0.1) is 11.8 Å². The molecule has 0 radical (unpaired) electrons. The van der Waals surface area contributed by atoms with E-state index in [4.69, 9.17) is 4.74 Å². The number of hydrogen-bond donors (Lipinski definition) is 5. The Balaban J connectivity index is 1.48. The highest BCUT2D eigenvalue weighted by molar-refractivity contribution is 6.38. The Morgan fingerprint density at radius 3 is 2.28 bits per heavy atom. The molecule has 4 rings (SSSR count).